The summed E-state index contributed by atoms with van der Waals surface area (Å²) < 4.78 is 0. The second-order valence-corrected chi connectivity index (χ2v) is 9.25. The minimum absolute atomic E-state index is 0.329. The van der Waals surface area contributed by atoms with Gasteiger partial charge < -0.3 is 5.11 Å². The van der Waals surface area contributed by atoms with Crippen molar-refractivity contribution in [3.63, 3.8) is 0 Å². The summed E-state index contributed by atoms with van der Waals surface area (Å²) in [5.74, 6) is -0.291. The molecular weight excluding hydrogens is 332 g/mol. The van der Waals surface area contributed by atoms with Gasteiger partial charge in [-0.2, -0.15) is 0 Å². The molecule has 0 aromatic carbocycles. The van der Waals surface area contributed by atoms with E-state index in [1.54, 1.807) is 0 Å². The van der Waals surface area contributed by atoms with Crippen LogP contribution in [0.1, 0.15) is 143 Å². The van der Waals surface area contributed by atoms with Crippen molar-refractivity contribution in [3.05, 3.63) is 0 Å². The van der Waals surface area contributed by atoms with E-state index in [1.807, 2.05) is 13.8 Å². The lowest BCUT2D eigenvalue weighted by Gasteiger charge is -2.30. The zero-order valence-corrected chi connectivity index (χ0v) is 19.2. The van der Waals surface area contributed by atoms with Crippen LogP contribution in [0, 0.1) is 11.3 Å². The smallest absolute Gasteiger partial charge is 0.309 e. The van der Waals surface area contributed by atoms with Crippen LogP contribution in [-0.4, -0.2) is 11.1 Å². The molecule has 0 aliphatic rings. The fourth-order valence-corrected chi connectivity index (χ4v) is 4.09. The number of hydrogen-bond acceptors (Lipinski definition) is 1. The van der Waals surface area contributed by atoms with E-state index in [0.29, 0.717) is 5.92 Å². The Morgan fingerprint density at radius 3 is 1.22 bits per heavy atom. The van der Waals surface area contributed by atoms with Gasteiger partial charge in [-0.25, -0.2) is 0 Å². The number of aliphatic carboxylic acids is 1. The van der Waals surface area contributed by atoms with Crippen molar-refractivity contribution in [1.82, 2.24) is 0 Å². The fraction of sp³-hybridized carbons (Fsp3) is 0.960. The molecule has 0 bridgehead atoms. The van der Waals surface area contributed by atoms with E-state index < -0.39 is 11.4 Å². The van der Waals surface area contributed by atoms with Crippen LogP contribution in [0.4, 0.5) is 0 Å². The minimum Gasteiger partial charge on any atom is -0.481 e. The third-order valence-corrected chi connectivity index (χ3v) is 6.38. The second-order valence-electron chi connectivity index (χ2n) is 9.25. The van der Waals surface area contributed by atoms with Crippen molar-refractivity contribution < 1.29 is 9.90 Å². The number of carbonyl (C=O) groups is 1. The van der Waals surface area contributed by atoms with Crippen LogP contribution in [0.15, 0.2) is 0 Å². The summed E-state index contributed by atoms with van der Waals surface area (Å²) in [7, 11) is 0. The first-order valence-electron chi connectivity index (χ1n) is 12.2. The highest BCUT2D eigenvalue weighted by Crippen LogP contribution is 2.35. The largest absolute Gasteiger partial charge is 0.481 e. The van der Waals surface area contributed by atoms with Crippen LogP contribution in [0.3, 0.4) is 0 Å². The number of carboxylic acids is 1. The van der Waals surface area contributed by atoms with Crippen LogP contribution in [0.25, 0.3) is 0 Å². The Morgan fingerprint density at radius 1 is 0.630 bits per heavy atom. The van der Waals surface area contributed by atoms with E-state index in [1.165, 1.54) is 103 Å². The third kappa shape index (κ3) is 14.2. The molecule has 1 atom stereocenters. The van der Waals surface area contributed by atoms with Gasteiger partial charge in [0, 0.05) is 0 Å². The van der Waals surface area contributed by atoms with Crippen molar-refractivity contribution in [1.29, 1.82) is 0 Å². The quantitative estimate of drug-likeness (QED) is 0.214. The molecule has 2 nitrogen and oxygen atoms in total. The van der Waals surface area contributed by atoms with Crippen LogP contribution in [0.2, 0.25) is 0 Å². The number of rotatable bonds is 20. The van der Waals surface area contributed by atoms with Gasteiger partial charge in [-0.3, -0.25) is 4.79 Å². The van der Waals surface area contributed by atoms with E-state index in [9.17, 15) is 9.90 Å². The molecule has 162 valence electrons. The lowest BCUT2D eigenvalue weighted by molar-refractivity contribution is -0.150. The molecule has 0 aromatic heterocycles. The molecule has 0 aliphatic carbocycles. The van der Waals surface area contributed by atoms with Gasteiger partial charge in [0.2, 0.25) is 0 Å². The first-order valence-corrected chi connectivity index (χ1v) is 12.2. The Balaban J connectivity index is 3.96. The molecule has 0 heterocycles. The van der Waals surface area contributed by atoms with E-state index in [4.69, 9.17) is 0 Å². The van der Waals surface area contributed by atoms with Gasteiger partial charge in [0.15, 0.2) is 0 Å². The van der Waals surface area contributed by atoms with Crippen LogP contribution >= 0.6 is 0 Å². The van der Waals surface area contributed by atoms with Crippen molar-refractivity contribution >= 4 is 5.97 Å². The molecule has 0 radical (unpaired) electrons. The van der Waals surface area contributed by atoms with Gasteiger partial charge in [0.1, 0.15) is 0 Å². The standard InChI is InChI=1S/C25H50O2/c1-5-7-9-11-13-14-15-16-18-20-22-23(25(3,4)24(26)27)21-19-17-12-10-8-6-2/h23H,5-22H2,1-4H3,(H,26,27). The molecule has 0 amide bonds. The van der Waals surface area contributed by atoms with Crippen LogP contribution < -0.4 is 0 Å². The molecular formula is C25H50O2. The highest BCUT2D eigenvalue weighted by Gasteiger charge is 2.35. The Bertz CT molecular complexity index is 335. The maximum absolute atomic E-state index is 11.7. The number of carboxylic acid groups (broad SMARTS) is 1. The first-order chi connectivity index (χ1) is 13.0. The molecule has 0 fully saturated rings. The molecule has 1 unspecified atom stereocenters. The molecule has 0 aromatic rings. The minimum atomic E-state index is -0.620. The summed E-state index contributed by atoms with van der Waals surface area (Å²) >= 11 is 0. The Labute approximate surface area is 170 Å². The summed E-state index contributed by atoms with van der Waals surface area (Å²) in [5.41, 5.74) is -0.581. The third-order valence-electron chi connectivity index (χ3n) is 6.38. The molecule has 27 heavy (non-hydrogen) atoms. The van der Waals surface area contributed by atoms with Gasteiger partial charge in [-0.15, -0.1) is 0 Å². The van der Waals surface area contributed by atoms with Crippen LogP contribution in [0.5, 0.6) is 0 Å². The Morgan fingerprint density at radius 2 is 0.926 bits per heavy atom. The van der Waals surface area contributed by atoms with Gasteiger partial charge in [0.25, 0.3) is 0 Å². The molecule has 2 heteroatoms. The molecule has 0 saturated heterocycles. The topological polar surface area (TPSA) is 37.3 Å². The van der Waals surface area contributed by atoms with Gasteiger partial charge in [-0.1, -0.05) is 117 Å². The highest BCUT2D eigenvalue weighted by molar-refractivity contribution is 5.74. The summed E-state index contributed by atoms with van der Waals surface area (Å²) in [6, 6.07) is 0. The predicted molar refractivity (Wildman–Crippen MR) is 119 cm³/mol. The van der Waals surface area contributed by atoms with Crippen molar-refractivity contribution in [2.24, 2.45) is 11.3 Å². The van der Waals surface area contributed by atoms with E-state index in [0.717, 1.165) is 12.8 Å². The van der Waals surface area contributed by atoms with Crippen LogP contribution in [-0.2, 0) is 4.79 Å². The molecule has 0 rings (SSSR count). The van der Waals surface area contributed by atoms with Gasteiger partial charge in [0.05, 0.1) is 5.41 Å². The molecule has 0 aliphatic heterocycles. The van der Waals surface area contributed by atoms with Crippen molar-refractivity contribution in [2.45, 2.75) is 143 Å². The van der Waals surface area contributed by atoms with Crippen molar-refractivity contribution in [2.75, 3.05) is 0 Å². The molecule has 1 N–H and O–H groups in total. The fourth-order valence-electron chi connectivity index (χ4n) is 4.09. The Hall–Kier alpha value is -0.530. The second kappa shape index (κ2) is 17.6. The number of hydrogen-bond donors (Lipinski definition) is 1. The first kappa shape index (κ1) is 26.5. The normalized spacial score (nSPS) is 13.0. The zero-order chi connectivity index (χ0) is 20.4. The monoisotopic (exact) mass is 382 g/mol. The zero-order valence-electron chi connectivity index (χ0n) is 19.2. The number of unbranched alkanes of at least 4 members (excludes halogenated alkanes) is 14. The lowest BCUT2D eigenvalue weighted by Crippen LogP contribution is -2.33. The maximum atomic E-state index is 11.7. The van der Waals surface area contributed by atoms with Gasteiger partial charge in [-0.05, 0) is 32.6 Å². The van der Waals surface area contributed by atoms with E-state index in [2.05, 4.69) is 13.8 Å². The van der Waals surface area contributed by atoms with Crippen molar-refractivity contribution in [3.8, 4) is 0 Å². The van der Waals surface area contributed by atoms with Gasteiger partial charge >= 0.3 is 5.97 Å². The predicted octanol–water partition coefficient (Wildman–Crippen LogP) is 8.78. The highest BCUT2D eigenvalue weighted by atomic mass is 16.4. The maximum Gasteiger partial charge on any atom is 0.309 e. The summed E-state index contributed by atoms with van der Waals surface area (Å²) in [6.07, 6.45) is 23.4. The average Bonchev–Trinajstić information content (AvgIpc) is 2.63. The van der Waals surface area contributed by atoms with E-state index in [-0.39, 0.29) is 0 Å². The molecule has 0 saturated carbocycles. The summed E-state index contributed by atoms with van der Waals surface area (Å²) in [6.45, 7) is 8.39. The summed E-state index contributed by atoms with van der Waals surface area (Å²) in [4.78, 5) is 11.7. The molecule has 0 spiro atoms. The average molecular weight is 383 g/mol. The SMILES string of the molecule is CCCCCCCCCCCCC(CCCCCCCC)C(C)(C)C(=O)O. The lowest BCUT2D eigenvalue weighted by atomic mass is 9.73. The Kier molecular flexibility index (Phi) is 17.2. The van der Waals surface area contributed by atoms with E-state index >= 15 is 0 Å². The summed E-state index contributed by atoms with van der Waals surface area (Å²) in [5, 5.41) is 9.65.